The number of hydrogen-bond donors (Lipinski definition) is 2. The van der Waals surface area contributed by atoms with Crippen molar-refractivity contribution < 1.29 is 9.90 Å². The Kier molecular flexibility index (Phi) is 5.86. The molecule has 0 aliphatic heterocycles. The largest absolute Gasteiger partial charge is 0.480 e. The lowest BCUT2D eigenvalue weighted by molar-refractivity contribution is -0.146. The molecule has 1 heterocycles. The van der Waals surface area contributed by atoms with Crippen LogP contribution in [0.5, 0.6) is 0 Å². The lowest BCUT2D eigenvalue weighted by Gasteiger charge is -2.32. The molecule has 1 aliphatic rings. The maximum absolute atomic E-state index is 11.8. The third-order valence-electron chi connectivity index (χ3n) is 3.99. The maximum atomic E-state index is 11.8. The van der Waals surface area contributed by atoms with Crippen molar-refractivity contribution in [3.05, 3.63) is 11.6 Å². The number of carboxylic acid groups (broad SMARTS) is 1. The minimum Gasteiger partial charge on any atom is -0.480 e. The second kappa shape index (κ2) is 7.43. The molecule has 1 saturated carbocycles. The number of nitrogens with one attached hydrogen (secondary N) is 1. The quantitative estimate of drug-likeness (QED) is 0.721. The number of nitrogens with zero attached hydrogens (tertiary/aromatic N) is 1. The molecule has 0 aromatic carbocycles. The van der Waals surface area contributed by atoms with Crippen LogP contribution >= 0.6 is 23.1 Å². The fraction of sp³-hybridized carbons (Fsp3) is 0.714. The SMILES string of the molecule is CCCNC1(C(=O)O)CCCC1CCSc1nccs1. The molecular weight excluding hydrogens is 292 g/mol. The van der Waals surface area contributed by atoms with E-state index in [1.54, 1.807) is 23.1 Å². The minimum atomic E-state index is -0.695. The minimum absolute atomic E-state index is 0.235. The molecule has 2 atom stereocenters. The van der Waals surface area contributed by atoms with Crippen LogP contribution in [0.1, 0.15) is 39.0 Å². The highest BCUT2D eigenvalue weighted by Crippen LogP contribution is 2.39. The zero-order chi connectivity index (χ0) is 14.4. The first kappa shape index (κ1) is 15.8. The van der Waals surface area contributed by atoms with Crippen LogP contribution in [0, 0.1) is 5.92 Å². The molecular formula is C14H22N2O2S2. The van der Waals surface area contributed by atoms with E-state index in [9.17, 15) is 9.90 Å². The number of thioether (sulfide) groups is 1. The summed E-state index contributed by atoms with van der Waals surface area (Å²) in [4.78, 5) is 16.0. The third kappa shape index (κ3) is 3.54. The van der Waals surface area contributed by atoms with E-state index < -0.39 is 11.5 Å². The van der Waals surface area contributed by atoms with Gasteiger partial charge < -0.3 is 10.4 Å². The van der Waals surface area contributed by atoms with Crippen molar-refractivity contribution in [3.8, 4) is 0 Å². The molecule has 4 nitrogen and oxygen atoms in total. The molecule has 1 aromatic rings. The van der Waals surface area contributed by atoms with Crippen LogP contribution in [-0.4, -0.2) is 33.9 Å². The molecule has 1 aromatic heterocycles. The highest BCUT2D eigenvalue weighted by Gasteiger charge is 2.48. The lowest BCUT2D eigenvalue weighted by Crippen LogP contribution is -2.55. The highest BCUT2D eigenvalue weighted by molar-refractivity contribution is 8.00. The van der Waals surface area contributed by atoms with Gasteiger partial charge in [0.05, 0.1) is 0 Å². The predicted molar refractivity (Wildman–Crippen MR) is 83.5 cm³/mol. The molecule has 2 N–H and O–H groups in total. The van der Waals surface area contributed by atoms with E-state index in [4.69, 9.17) is 0 Å². The first-order valence-electron chi connectivity index (χ1n) is 7.19. The summed E-state index contributed by atoms with van der Waals surface area (Å²) >= 11 is 3.38. The van der Waals surface area contributed by atoms with E-state index >= 15 is 0 Å². The Balaban J connectivity index is 1.92. The van der Waals surface area contributed by atoms with Gasteiger partial charge in [-0.15, -0.1) is 11.3 Å². The van der Waals surface area contributed by atoms with Gasteiger partial charge in [0.1, 0.15) is 9.88 Å². The monoisotopic (exact) mass is 314 g/mol. The van der Waals surface area contributed by atoms with Crippen LogP contribution in [0.2, 0.25) is 0 Å². The average molecular weight is 314 g/mol. The molecule has 0 bridgehead atoms. The van der Waals surface area contributed by atoms with Crippen molar-refractivity contribution in [3.63, 3.8) is 0 Å². The summed E-state index contributed by atoms with van der Waals surface area (Å²) < 4.78 is 1.07. The van der Waals surface area contributed by atoms with Gasteiger partial charge in [-0.3, -0.25) is 4.79 Å². The summed E-state index contributed by atoms with van der Waals surface area (Å²) in [5.41, 5.74) is -0.695. The number of aliphatic carboxylic acids is 1. The zero-order valence-electron chi connectivity index (χ0n) is 11.8. The van der Waals surface area contributed by atoms with Crippen LogP contribution in [0.3, 0.4) is 0 Å². The van der Waals surface area contributed by atoms with Crippen molar-refractivity contribution in [2.45, 2.75) is 48.9 Å². The van der Waals surface area contributed by atoms with Crippen LogP contribution in [0.4, 0.5) is 0 Å². The van der Waals surface area contributed by atoms with Crippen molar-refractivity contribution >= 4 is 29.1 Å². The molecule has 20 heavy (non-hydrogen) atoms. The Morgan fingerprint density at radius 2 is 2.55 bits per heavy atom. The summed E-state index contributed by atoms with van der Waals surface area (Å²) in [5.74, 6) is 0.507. The van der Waals surface area contributed by atoms with E-state index in [1.807, 2.05) is 11.6 Å². The Hall–Kier alpha value is -0.590. The van der Waals surface area contributed by atoms with E-state index in [2.05, 4.69) is 17.2 Å². The van der Waals surface area contributed by atoms with E-state index in [0.29, 0.717) is 0 Å². The molecule has 112 valence electrons. The van der Waals surface area contributed by atoms with Gasteiger partial charge in [0, 0.05) is 17.3 Å². The van der Waals surface area contributed by atoms with Crippen LogP contribution in [0.25, 0.3) is 0 Å². The number of carbonyl (C=O) groups is 1. The summed E-state index contributed by atoms with van der Waals surface area (Å²) in [7, 11) is 0. The number of hydrogen-bond acceptors (Lipinski definition) is 5. The Bertz CT molecular complexity index is 425. The van der Waals surface area contributed by atoms with Crippen molar-refractivity contribution in [1.29, 1.82) is 0 Å². The summed E-state index contributed by atoms with van der Waals surface area (Å²) in [6.45, 7) is 2.85. The first-order valence-corrected chi connectivity index (χ1v) is 9.06. The van der Waals surface area contributed by atoms with Crippen LogP contribution in [-0.2, 0) is 4.79 Å². The van der Waals surface area contributed by atoms with Gasteiger partial charge >= 0.3 is 5.97 Å². The number of carboxylic acids is 1. The summed E-state index contributed by atoms with van der Waals surface area (Å²) in [6.07, 6.45) is 6.50. The normalized spacial score (nSPS) is 25.9. The van der Waals surface area contributed by atoms with Crippen molar-refractivity contribution in [2.24, 2.45) is 5.92 Å². The fourth-order valence-corrected chi connectivity index (χ4v) is 4.74. The Labute approximate surface area is 128 Å². The molecule has 6 heteroatoms. The molecule has 0 radical (unpaired) electrons. The molecule has 0 amide bonds. The standard InChI is InChI=1S/C14H22N2O2S2/c1-2-7-16-14(12(17)18)6-3-4-11(14)5-9-19-13-15-8-10-20-13/h8,10-11,16H,2-7,9H2,1H3,(H,17,18). The average Bonchev–Trinajstić information content (AvgIpc) is 3.06. The highest BCUT2D eigenvalue weighted by atomic mass is 32.2. The topological polar surface area (TPSA) is 62.2 Å². The van der Waals surface area contributed by atoms with Gasteiger partial charge in [0.2, 0.25) is 0 Å². The van der Waals surface area contributed by atoms with E-state index in [-0.39, 0.29) is 5.92 Å². The van der Waals surface area contributed by atoms with Gasteiger partial charge in [-0.05, 0) is 38.1 Å². The smallest absolute Gasteiger partial charge is 0.324 e. The predicted octanol–water partition coefficient (Wildman–Crippen LogP) is 3.25. The summed E-state index contributed by atoms with van der Waals surface area (Å²) in [6, 6.07) is 0. The van der Waals surface area contributed by atoms with E-state index in [1.165, 1.54) is 0 Å². The van der Waals surface area contributed by atoms with Crippen molar-refractivity contribution in [2.75, 3.05) is 12.3 Å². The second-order valence-corrected chi connectivity index (χ2v) is 7.46. The number of aromatic nitrogens is 1. The van der Waals surface area contributed by atoms with Crippen LogP contribution < -0.4 is 5.32 Å². The van der Waals surface area contributed by atoms with E-state index in [0.717, 1.165) is 48.7 Å². The molecule has 0 spiro atoms. The second-order valence-electron chi connectivity index (χ2n) is 5.23. The summed E-state index contributed by atoms with van der Waals surface area (Å²) in [5, 5.41) is 15.0. The molecule has 2 unspecified atom stereocenters. The maximum Gasteiger partial charge on any atom is 0.324 e. The molecule has 0 saturated heterocycles. The van der Waals surface area contributed by atoms with Gasteiger partial charge in [0.15, 0.2) is 0 Å². The Morgan fingerprint density at radius 3 is 3.20 bits per heavy atom. The lowest BCUT2D eigenvalue weighted by atomic mass is 9.85. The van der Waals surface area contributed by atoms with Gasteiger partial charge in [-0.25, -0.2) is 4.98 Å². The van der Waals surface area contributed by atoms with Gasteiger partial charge in [-0.1, -0.05) is 25.1 Å². The number of thiazole rings is 1. The van der Waals surface area contributed by atoms with Crippen molar-refractivity contribution in [1.82, 2.24) is 10.3 Å². The first-order chi connectivity index (χ1) is 9.69. The molecule has 2 rings (SSSR count). The number of rotatable bonds is 8. The Morgan fingerprint density at radius 1 is 1.70 bits per heavy atom. The van der Waals surface area contributed by atoms with Gasteiger partial charge in [-0.2, -0.15) is 0 Å². The zero-order valence-corrected chi connectivity index (χ0v) is 13.4. The van der Waals surface area contributed by atoms with Crippen LogP contribution in [0.15, 0.2) is 15.9 Å². The fourth-order valence-electron chi connectivity index (χ4n) is 2.98. The third-order valence-corrected chi connectivity index (χ3v) is 5.99. The molecule has 1 fully saturated rings. The van der Waals surface area contributed by atoms with Gasteiger partial charge in [0.25, 0.3) is 0 Å². The molecule has 1 aliphatic carbocycles.